The second kappa shape index (κ2) is 7.22. The molecule has 0 saturated heterocycles. The molecular weight excluding hydrogens is 206 g/mol. The van der Waals surface area contributed by atoms with Gasteiger partial charge in [0.05, 0.1) is 12.6 Å². The summed E-state index contributed by atoms with van der Waals surface area (Å²) in [7, 11) is 0. The number of likely N-dealkylation sites (N-methyl/N-ethyl adjacent to an activating group) is 1. The highest BCUT2D eigenvalue weighted by Crippen LogP contribution is 1.97. The van der Waals surface area contributed by atoms with Gasteiger partial charge in [0, 0.05) is 12.6 Å². The van der Waals surface area contributed by atoms with Crippen LogP contribution < -0.4 is 11.1 Å². The molecule has 16 heavy (non-hydrogen) atoms. The van der Waals surface area contributed by atoms with E-state index in [0.717, 1.165) is 0 Å². The first-order valence-electron chi connectivity index (χ1n) is 5.76. The van der Waals surface area contributed by atoms with Gasteiger partial charge in [0.15, 0.2) is 0 Å². The average Bonchev–Trinajstić information content (AvgIpc) is 2.22. The van der Waals surface area contributed by atoms with E-state index >= 15 is 0 Å². The van der Waals surface area contributed by atoms with E-state index in [2.05, 4.69) is 5.32 Å². The molecule has 0 radical (unpaired) electrons. The fraction of sp³-hybridized carbons (Fsp3) is 0.818. The Bertz CT molecular complexity index is 241. The monoisotopic (exact) mass is 229 g/mol. The number of rotatable bonds is 6. The topological polar surface area (TPSA) is 75.4 Å². The second-order valence-electron chi connectivity index (χ2n) is 4.09. The third-order valence-electron chi connectivity index (χ3n) is 2.23. The van der Waals surface area contributed by atoms with Gasteiger partial charge in [-0.15, -0.1) is 0 Å². The van der Waals surface area contributed by atoms with E-state index in [-0.39, 0.29) is 24.4 Å². The third-order valence-corrected chi connectivity index (χ3v) is 2.23. The fourth-order valence-corrected chi connectivity index (χ4v) is 1.30. The molecule has 0 spiro atoms. The van der Waals surface area contributed by atoms with Crippen LogP contribution in [0.25, 0.3) is 0 Å². The number of nitrogens with one attached hydrogen (secondary N) is 1. The molecule has 1 atom stereocenters. The van der Waals surface area contributed by atoms with Crippen LogP contribution in [0.3, 0.4) is 0 Å². The van der Waals surface area contributed by atoms with Crippen LogP contribution in [0.1, 0.15) is 34.1 Å². The van der Waals surface area contributed by atoms with Gasteiger partial charge in [-0.05, 0) is 27.2 Å². The van der Waals surface area contributed by atoms with E-state index in [1.807, 2.05) is 27.7 Å². The molecule has 0 aromatic carbocycles. The van der Waals surface area contributed by atoms with E-state index in [4.69, 9.17) is 5.73 Å². The third kappa shape index (κ3) is 5.11. The van der Waals surface area contributed by atoms with Crippen molar-refractivity contribution in [1.29, 1.82) is 0 Å². The molecule has 2 amide bonds. The molecule has 0 saturated carbocycles. The van der Waals surface area contributed by atoms with Crippen LogP contribution >= 0.6 is 0 Å². The van der Waals surface area contributed by atoms with Crippen LogP contribution in [0.5, 0.6) is 0 Å². The first kappa shape index (κ1) is 14.9. The summed E-state index contributed by atoms with van der Waals surface area (Å²) in [5.74, 6) is -0.308. The Kier molecular flexibility index (Phi) is 6.72. The molecule has 3 N–H and O–H groups in total. The molecule has 0 heterocycles. The largest absolute Gasteiger partial charge is 0.352 e. The molecule has 94 valence electrons. The molecule has 0 bridgehead atoms. The van der Waals surface area contributed by atoms with Gasteiger partial charge in [0.2, 0.25) is 11.8 Å². The van der Waals surface area contributed by atoms with Gasteiger partial charge in [-0.2, -0.15) is 0 Å². The molecule has 0 unspecified atom stereocenters. The Morgan fingerprint density at radius 3 is 2.25 bits per heavy atom. The van der Waals surface area contributed by atoms with Crippen molar-refractivity contribution in [3.05, 3.63) is 0 Å². The van der Waals surface area contributed by atoms with Crippen molar-refractivity contribution in [2.75, 3.05) is 13.1 Å². The molecular formula is C11H23N3O2. The average molecular weight is 229 g/mol. The summed E-state index contributed by atoms with van der Waals surface area (Å²) in [5, 5.41) is 2.75. The molecule has 5 heteroatoms. The summed E-state index contributed by atoms with van der Waals surface area (Å²) in [6.07, 6.45) is 0.584. The molecule has 0 aliphatic carbocycles. The maximum absolute atomic E-state index is 11.7. The lowest BCUT2D eigenvalue weighted by molar-refractivity contribution is -0.137. The van der Waals surface area contributed by atoms with Gasteiger partial charge in [-0.25, -0.2) is 0 Å². The number of carbonyl (C=O) groups is 2. The molecule has 0 aliphatic heterocycles. The first-order chi connectivity index (χ1) is 7.42. The number of amides is 2. The fourth-order valence-electron chi connectivity index (χ4n) is 1.30. The van der Waals surface area contributed by atoms with Crippen LogP contribution in [-0.2, 0) is 9.59 Å². The van der Waals surface area contributed by atoms with Crippen LogP contribution in [0.2, 0.25) is 0 Å². The van der Waals surface area contributed by atoms with Crippen molar-refractivity contribution >= 4 is 11.8 Å². The maximum atomic E-state index is 11.7. The maximum Gasteiger partial charge on any atom is 0.239 e. The zero-order chi connectivity index (χ0) is 12.7. The molecule has 0 rings (SSSR count). The van der Waals surface area contributed by atoms with Gasteiger partial charge in [0.1, 0.15) is 0 Å². The van der Waals surface area contributed by atoms with E-state index in [1.54, 1.807) is 0 Å². The zero-order valence-electron chi connectivity index (χ0n) is 10.6. The highest BCUT2D eigenvalue weighted by atomic mass is 16.2. The number of nitrogens with zero attached hydrogens (tertiary/aromatic N) is 1. The Labute approximate surface area is 97.4 Å². The Balaban J connectivity index is 4.29. The van der Waals surface area contributed by atoms with E-state index in [1.165, 1.54) is 4.90 Å². The van der Waals surface area contributed by atoms with Gasteiger partial charge < -0.3 is 16.0 Å². The van der Waals surface area contributed by atoms with Crippen molar-refractivity contribution in [3.8, 4) is 0 Å². The molecule has 0 aromatic rings. The van der Waals surface area contributed by atoms with Crippen molar-refractivity contribution in [1.82, 2.24) is 10.2 Å². The number of nitrogens with two attached hydrogens (primary N) is 1. The smallest absolute Gasteiger partial charge is 0.239 e. The van der Waals surface area contributed by atoms with Crippen molar-refractivity contribution in [2.45, 2.75) is 46.2 Å². The van der Waals surface area contributed by atoms with Crippen molar-refractivity contribution < 1.29 is 9.59 Å². The minimum absolute atomic E-state index is 0.0844. The van der Waals surface area contributed by atoms with Crippen molar-refractivity contribution in [3.63, 3.8) is 0 Å². The van der Waals surface area contributed by atoms with Gasteiger partial charge >= 0.3 is 0 Å². The zero-order valence-corrected chi connectivity index (χ0v) is 10.6. The molecule has 0 fully saturated rings. The summed E-state index contributed by atoms with van der Waals surface area (Å²) >= 11 is 0. The minimum atomic E-state index is -0.508. The quantitative estimate of drug-likeness (QED) is 0.678. The standard InChI is InChI=1S/C11H23N3O2/c1-5-9(12)11(16)14(6-2)7-10(15)13-8(3)4/h8-9H,5-7,12H2,1-4H3,(H,13,15)/t9-/m0/s1. The summed E-state index contributed by atoms with van der Waals surface area (Å²) < 4.78 is 0. The summed E-state index contributed by atoms with van der Waals surface area (Å²) in [6, 6.07) is -0.423. The highest BCUT2D eigenvalue weighted by molar-refractivity contribution is 5.87. The van der Waals surface area contributed by atoms with Crippen LogP contribution in [0.15, 0.2) is 0 Å². The lowest BCUT2D eigenvalue weighted by atomic mass is 10.2. The highest BCUT2D eigenvalue weighted by Gasteiger charge is 2.20. The van der Waals surface area contributed by atoms with Gasteiger partial charge in [-0.1, -0.05) is 6.92 Å². The molecule has 0 aliphatic rings. The number of carbonyl (C=O) groups excluding carboxylic acids is 2. The van der Waals surface area contributed by atoms with Crippen LogP contribution in [0, 0.1) is 0 Å². The second-order valence-corrected chi connectivity index (χ2v) is 4.09. The van der Waals surface area contributed by atoms with Gasteiger partial charge in [0.25, 0.3) is 0 Å². The van der Waals surface area contributed by atoms with E-state index < -0.39 is 6.04 Å². The van der Waals surface area contributed by atoms with E-state index in [0.29, 0.717) is 13.0 Å². The Morgan fingerprint density at radius 2 is 1.88 bits per heavy atom. The molecule has 5 nitrogen and oxygen atoms in total. The Hall–Kier alpha value is -1.10. The normalized spacial score (nSPS) is 12.4. The molecule has 0 aromatic heterocycles. The SMILES string of the molecule is CC[C@H](N)C(=O)N(CC)CC(=O)NC(C)C. The summed E-state index contributed by atoms with van der Waals surface area (Å²) in [5.41, 5.74) is 5.65. The van der Waals surface area contributed by atoms with Crippen LogP contribution in [-0.4, -0.2) is 41.9 Å². The Morgan fingerprint density at radius 1 is 1.31 bits per heavy atom. The first-order valence-corrected chi connectivity index (χ1v) is 5.76. The van der Waals surface area contributed by atoms with Crippen LogP contribution in [0.4, 0.5) is 0 Å². The predicted octanol–water partition coefficient (Wildman–Crippen LogP) is 0.0968. The summed E-state index contributed by atoms with van der Waals surface area (Å²) in [6.45, 7) is 8.04. The number of hydrogen-bond acceptors (Lipinski definition) is 3. The van der Waals surface area contributed by atoms with Crippen molar-refractivity contribution in [2.24, 2.45) is 5.73 Å². The predicted molar refractivity (Wildman–Crippen MR) is 63.8 cm³/mol. The minimum Gasteiger partial charge on any atom is -0.352 e. The van der Waals surface area contributed by atoms with Gasteiger partial charge in [-0.3, -0.25) is 9.59 Å². The summed E-state index contributed by atoms with van der Waals surface area (Å²) in [4.78, 5) is 24.7. The lowest BCUT2D eigenvalue weighted by Crippen LogP contribution is -2.48. The number of hydrogen-bond donors (Lipinski definition) is 2. The van der Waals surface area contributed by atoms with E-state index in [9.17, 15) is 9.59 Å². The lowest BCUT2D eigenvalue weighted by Gasteiger charge is -2.23.